The van der Waals surface area contributed by atoms with Crippen LogP contribution in [-0.2, 0) is 9.59 Å². The molecule has 1 saturated carbocycles. The molecule has 6 rings (SSSR count). The summed E-state index contributed by atoms with van der Waals surface area (Å²) in [6.07, 6.45) is 1.71. The number of anilines is 1. The van der Waals surface area contributed by atoms with Crippen molar-refractivity contribution >= 4 is 45.0 Å². The molecule has 0 radical (unpaired) electrons. The summed E-state index contributed by atoms with van der Waals surface area (Å²) in [7, 11) is 0. The highest BCUT2D eigenvalue weighted by atomic mass is 32.1. The fraction of sp³-hybridized carbons (Fsp3) is 0.241. The second-order valence-corrected chi connectivity index (χ2v) is 10.6. The number of hydrogen-bond acceptors (Lipinski definition) is 5. The molecule has 1 aliphatic carbocycles. The fourth-order valence-corrected chi connectivity index (χ4v) is 5.95. The van der Waals surface area contributed by atoms with E-state index in [1.807, 2.05) is 49.4 Å². The molecule has 1 aromatic heterocycles. The van der Waals surface area contributed by atoms with Gasteiger partial charge >= 0.3 is 0 Å². The van der Waals surface area contributed by atoms with Gasteiger partial charge in [0.05, 0.1) is 22.3 Å². The molecule has 4 aromatic rings. The van der Waals surface area contributed by atoms with Crippen LogP contribution in [0.3, 0.4) is 0 Å². The van der Waals surface area contributed by atoms with Gasteiger partial charge in [-0.15, -0.1) is 11.3 Å². The van der Waals surface area contributed by atoms with Gasteiger partial charge < -0.3 is 4.90 Å². The molecule has 0 bridgehead atoms. The number of thiazole rings is 1. The second kappa shape index (κ2) is 8.68. The summed E-state index contributed by atoms with van der Waals surface area (Å²) in [5, 5.41) is 0.892. The highest BCUT2D eigenvalue weighted by Gasteiger charge is 2.49. The van der Waals surface area contributed by atoms with Crippen molar-refractivity contribution in [3.63, 3.8) is 0 Å². The minimum Gasteiger partial charge on any atom is -0.323 e. The van der Waals surface area contributed by atoms with E-state index in [4.69, 9.17) is 4.98 Å². The zero-order chi connectivity index (χ0) is 25.0. The Balaban J connectivity index is 1.27. The van der Waals surface area contributed by atoms with E-state index in [1.54, 1.807) is 34.4 Å². The fourth-order valence-electron chi connectivity index (χ4n) is 4.88. The molecule has 180 valence electrons. The van der Waals surface area contributed by atoms with Crippen LogP contribution >= 0.6 is 11.3 Å². The number of rotatable bonds is 5. The molecular formula is C29H25N3O3S. The lowest BCUT2D eigenvalue weighted by atomic mass is 10.1. The van der Waals surface area contributed by atoms with Gasteiger partial charge in [-0.3, -0.25) is 14.4 Å². The van der Waals surface area contributed by atoms with E-state index in [0.717, 1.165) is 39.2 Å². The van der Waals surface area contributed by atoms with Crippen LogP contribution in [0.1, 0.15) is 40.7 Å². The summed E-state index contributed by atoms with van der Waals surface area (Å²) in [6.45, 7) is 3.95. The minimum atomic E-state index is -0.774. The van der Waals surface area contributed by atoms with Crippen molar-refractivity contribution in [1.82, 2.24) is 9.88 Å². The number of amides is 3. The zero-order valence-corrected chi connectivity index (χ0v) is 20.9. The van der Waals surface area contributed by atoms with Crippen molar-refractivity contribution in [1.29, 1.82) is 0 Å². The molecule has 0 spiro atoms. The van der Waals surface area contributed by atoms with Crippen molar-refractivity contribution in [2.75, 3.05) is 4.90 Å². The van der Waals surface area contributed by atoms with Crippen LogP contribution in [0, 0.1) is 13.8 Å². The molecule has 1 atom stereocenters. The molecule has 0 N–H and O–H groups in total. The van der Waals surface area contributed by atoms with Gasteiger partial charge in [-0.25, -0.2) is 9.88 Å². The average Bonchev–Trinajstić information content (AvgIpc) is 3.54. The lowest BCUT2D eigenvalue weighted by molar-refractivity contribution is -0.122. The van der Waals surface area contributed by atoms with Crippen molar-refractivity contribution in [3.8, 4) is 10.6 Å². The lowest BCUT2D eigenvalue weighted by Gasteiger charge is -2.28. The SMILES string of the molecule is Cc1ccc2nc(-c3ccc(N4C(=O)CC(N(C(=O)c5ccccc5C)C5CC5)C4=O)cc3)sc2c1. The van der Waals surface area contributed by atoms with Gasteiger partial charge in [-0.1, -0.05) is 24.3 Å². The van der Waals surface area contributed by atoms with Gasteiger partial charge in [0.15, 0.2) is 0 Å². The summed E-state index contributed by atoms with van der Waals surface area (Å²) < 4.78 is 1.13. The number of aromatic nitrogens is 1. The van der Waals surface area contributed by atoms with Crippen LogP contribution in [0.25, 0.3) is 20.8 Å². The predicted octanol–water partition coefficient (Wildman–Crippen LogP) is 5.52. The van der Waals surface area contributed by atoms with E-state index in [9.17, 15) is 14.4 Å². The number of carbonyl (C=O) groups is 3. The van der Waals surface area contributed by atoms with Crippen LogP contribution < -0.4 is 4.90 Å². The van der Waals surface area contributed by atoms with Crippen molar-refractivity contribution in [2.24, 2.45) is 0 Å². The molecular weight excluding hydrogens is 470 g/mol. The van der Waals surface area contributed by atoms with E-state index >= 15 is 0 Å². The Morgan fingerprint density at radius 3 is 2.47 bits per heavy atom. The first-order valence-electron chi connectivity index (χ1n) is 12.1. The topological polar surface area (TPSA) is 70.6 Å². The number of hydrogen-bond donors (Lipinski definition) is 0. The Hall–Kier alpha value is -3.84. The monoisotopic (exact) mass is 495 g/mol. The number of fused-ring (bicyclic) bond motifs is 1. The van der Waals surface area contributed by atoms with E-state index in [0.29, 0.717) is 11.3 Å². The third-order valence-corrected chi connectivity index (χ3v) is 7.99. The Morgan fingerprint density at radius 2 is 1.75 bits per heavy atom. The van der Waals surface area contributed by atoms with Gasteiger partial charge in [-0.05, 0) is 80.3 Å². The maximum absolute atomic E-state index is 13.5. The highest BCUT2D eigenvalue weighted by molar-refractivity contribution is 7.21. The van der Waals surface area contributed by atoms with Crippen LogP contribution in [0.2, 0.25) is 0 Å². The van der Waals surface area contributed by atoms with Crippen molar-refractivity contribution < 1.29 is 14.4 Å². The molecule has 3 amide bonds. The normalized spacial score (nSPS) is 17.7. The first-order chi connectivity index (χ1) is 17.4. The molecule has 1 saturated heterocycles. The molecule has 36 heavy (non-hydrogen) atoms. The van der Waals surface area contributed by atoms with Gasteiger partial charge in [0.2, 0.25) is 5.91 Å². The molecule has 1 aliphatic heterocycles. The average molecular weight is 496 g/mol. The Morgan fingerprint density at radius 1 is 1.00 bits per heavy atom. The second-order valence-electron chi connectivity index (χ2n) is 9.58. The molecule has 2 aliphatic rings. The van der Waals surface area contributed by atoms with Crippen molar-refractivity contribution in [2.45, 2.75) is 45.2 Å². The van der Waals surface area contributed by atoms with E-state index in [1.165, 1.54) is 10.5 Å². The molecule has 2 heterocycles. The van der Waals surface area contributed by atoms with E-state index in [-0.39, 0.29) is 30.2 Å². The standard InChI is InChI=1S/C29H25N3O3S/c1-17-7-14-23-25(15-17)36-27(30-23)19-8-10-21(11-9-19)32-26(33)16-24(29(32)35)31(20-12-13-20)28(34)22-6-4-3-5-18(22)2/h3-11,14-15,20,24H,12-13,16H2,1-2H3. The molecule has 1 unspecified atom stereocenters. The van der Waals surface area contributed by atoms with Crippen LogP contribution in [0.4, 0.5) is 5.69 Å². The molecule has 2 fully saturated rings. The Kier molecular flexibility index (Phi) is 5.45. The van der Waals surface area contributed by atoms with Crippen LogP contribution in [0.5, 0.6) is 0 Å². The highest BCUT2D eigenvalue weighted by Crippen LogP contribution is 2.37. The van der Waals surface area contributed by atoms with Gasteiger partial charge in [0.25, 0.3) is 11.8 Å². The molecule has 7 heteroatoms. The largest absolute Gasteiger partial charge is 0.323 e. The smallest absolute Gasteiger partial charge is 0.257 e. The predicted molar refractivity (Wildman–Crippen MR) is 141 cm³/mol. The quantitative estimate of drug-likeness (QED) is 0.342. The van der Waals surface area contributed by atoms with E-state index in [2.05, 4.69) is 13.0 Å². The van der Waals surface area contributed by atoms with E-state index < -0.39 is 6.04 Å². The van der Waals surface area contributed by atoms with Crippen LogP contribution in [-0.4, -0.2) is 39.7 Å². The number of aryl methyl sites for hydroxylation is 2. The van der Waals surface area contributed by atoms with Gasteiger partial charge in [0.1, 0.15) is 11.0 Å². The Labute approximate surface area is 213 Å². The summed E-state index contributed by atoms with van der Waals surface area (Å²) in [5.41, 5.74) is 5.04. The summed E-state index contributed by atoms with van der Waals surface area (Å²) in [4.78, 5) is 47.6. The van der Waals surface area contributed by atoms with Crippen LogP contribution in [0.15, 0.2) is 66.7 Å². The summed E-state index contributed by atoms with van der Waals surface area (Å²) >= 11 is 1.62. The Bertz CT molecular complexity index is 1520. The maximum atomic E-state index is 13.5. The molecule has 6 nitrogen and oxygen atoms in total. The molecule has 3 aromatic carbocycles. The van der Waals surface area contributed by atoms with Gasteiger partial charge in [-0.2, -0.15) is 0 Å². The minimum absolute atomic E-state index is 0.00357. The first-order valence-corrected chi connectivity index (χ1v) is 12.9. The number of imide groups is 1. The summed E-state index contributed by atoms with van der Waals surface area (Å²) in [6, 6.07) is 20.2. The number of nitrogens with zero attached hydrogens (tertiary/aromatic N) is 3. The number of benzene rings is 3. The summed E-state index contributed by atoms with van der Waals surface area (Å²) in [5.74, 6) is -0.793. The third-order valence-electron chi connectivity index (χ3n) is 6.93. The maximum Gasteiger partial charge on any atom is 0.257 e. The number of carbonyl (C=O) groups excluding carboxylic acids is 3. The van der Waals surface area contributed by atoms with Crippen molar-refractivity contribution in [3.05, 3.63) is 83.4 Å². The zero-order valence-electron chi connectivity index (χ0n) is 20.1. The third kappa shape index (κ3) is 3.89. The lowest BCUT2D eigenvalue weighted by Crippen LogP contribution is -2.47. The van der Waals surface area contributed by atoms with Gasteiger partial charge in [0, 0.05) is 17.2 Å². The first kappa shape index (κ1) is 22.6.